The average molecular weight is 516 g/mol. The summed E-state index contributed by atoms with van der Waals surface area (Å²) < 4.78 is 79.5. The van der Waals surface area contributed by atoms with E-state index >= 15 is 0 Å². The first-order chi connectivity index (χ1) is 14.9. The first-order valence-electron chi connectivity index (χ1n) is 7.82. The molecular formula is C18H2F6N4S4. The molecule has 0 aliphatic rings. The molecule has 0 spiro atoms. The summed E-state index contributed by atoms with van der Waals surface area (Å²) in [6, 6.07) is 8.45. The molecule has 0 aliphatic carbocycles. The second kappa shape index (κ2) is 8.57. The molecule has 32 heavy (non-hydrogen) atoms. The highest BCUT2D eigenvalue weighted by atomic mass is 32.2. The number of nitriles is 4. The van der Waals surface area contributed by atoms with Crippen LogP contribution in [-0.2, 0) is 0 Å². The Kier molecular flexibility index (Phi) is 6.37. The average Bonchev–Trinajstić information content (AvgIpc) is 3.30. The molecule has 1 aromatic carbocycles. The van der Waals surface area contributed by atoms with Gasteiger partial charge in [-0.05, 0) is 35.7 Å². The van der Waals surface area contributed by atoms with Crippen LogP contribution in [0.25, 0.3) is 31.3 Å². The Morgan fingerprint density at radius 1 is 0.656 bits per heavy atom. The summed E-state index contributed by atoms with van der Waals surface area (Å²) in [4.78, 5) is -0.864. The van der Waals surface area contributed by atoms with Gasteiger partial charge in [0.05, 0.1) is 18.5 Å². The summed E-state index contributed by atoms with van der Waals surface area (Å²) in [5.74, 6) is 0. The van der Waals surface area contributed by atoms with Crippen LogP contribution in [0.5, 0.6) is 0 Å². The van der Waals surface area contributed by atoms with Crippen LogP contribution in [-0.4, -0.2) is 11.0 Å². The van der Waals surface area contributed by atoms with Gasteiger partial charge in [-0.15, -0.1) is 22.7 Å². The number of hydrogen-bond donors (Lipinski definition) is 0. The molecule has 14 heteroatoms. The quantitative estimate of drug-likeness (QED) is 0.319. The molecule has 4 nitrogen and oxygen atoms in total. The monoisotopic (exact) mass is 516 g/mol. The van der Waals surface area contributed by atoms with Crippen LogP contribution in [0.2, 0.25) is 0 Å². The fraction of sp³-hybridized carbons (Fsp3) is 0.111. The molecule has 0 atom stereocenters. The molecule has 3 rings (SSSR count). The number of halogens is 6. The fourth-order valence-electron chi connectivity index (χ4n) is 2.65. The Hall–Kier alpha value is -2.88. The summed E-state index contributed by atoms with van der Waals surface area (Å²) >= 11 is 0.0672. The Bertz CT molecular complexity index is 1340. The van der Waals surface area contributed by atoms with Gasteiger partial charge in [-0.2, -0.15) is 47.4 Å². The minimum atomic E-state index is -4.81. The zero-order valence-corrected chi connectivity index (χ0v) is 18.1. The minimum absolute atomic E-state index is 0.0720. The van der Waals surface area contributed by atoms with E-state index in [9.17, 15) is 26.3 Å². The Morgan fingerprint density at radius 3 is 1.22 bits per heavy atom. The molecule has 0 fully saturated rings. The second-order valence-corrected chi connectivity index (χ2v) is 9.91. The summed E-state index contributed by atoms with van der Waals surface area (Å²) in [5.41, 5.74) is -10.5. The van der Waals surface area contributed by atoms with Crippen molar-refractivity contribution < 1.29 is 26.3 Å². The van der Waals surface area contributed by atoms with E-state index in [-0.39, 0.29) is 29.2 Å². The molecule has 0 N–H and O–H groups in total. The third-order valence-electron chi connectivity index (χ3n) is 3.74. The summed E-state index contributed by atoms with van der Waals surface area (Å²) in [6.45, 7) is 0. The van der Waals surface area contributed by atoms with E-state index in [2.05, 4.69) is 0 Å². The fourth-order valence-corrected chi connectivity index (χ4v) is 6.82. The van der Waals surface area contributed by atoms with Gasteiger partial charge in [0.15, 0.2) is 0 Å². The van der Waals surface area contributed by atoms with E-state index in [1.807, 2.05) is 0 Å². The molecule has 3 aromatic rings. The number of thiophene rings is 2. The molecule has 160 valence electrons. The Balaban J connectivity index is 2.65. The molecule has 0 amide bonds. The largest absolute Gasteiger partial charge is 0.446 e. The molecule has 0 bridgehead atoms. The maximum absolute atomic E-state index is 13.3. The van der Waals surface area contributed by atoms with E-state index < -0.39 is 55.5 Å². The van der Waals surface area contributed by atoms with Crippen LogP contribution in [0.4, 0.5) is 26.3 Å². The van der Waals surface area contributed by atoms with E-state index in [0.29, 0.717) is 22.7 Å². The lowest BCUT2D eigenvalue weighted by Crippen LogP contribution is -2.01. The lowest BCUT2D eigenvalue weighted by Gasteiger charge is -2.13. The predicted molar refractivity (Wildman–Crippen MR) is 110 cm³/mol. The SMILES string of the molecule is N#CC(C#N)=c1cc2c(SC(F)(F)F)c3sc(=C(C#N)C#N)cc3c(SC(F)(F)F)c2s1. The molecule has 2 heterocycles. The van der Waals surface area contributed by atoms with Gasteiger partial charge < -0.3 is 0 Å². The van der Waals surface area contributed by atoms with Gasteiger partial charge >= 0.3 is 11.0 Å². The van der Waals surface area contributed by atoms with E-state index in [1.54, 1.807) is 24.3 Å². The number of benzene rings is 1. The highest BCUT2D eigenvalue weighted by Gasteiger charge is 2.36. The first kappa shape index (κ1) is 23.8. The van der Waals surface area contributed by atoms with Gasteiger partial charge in [-0.1, -0.05) is 0 Å². The van der Waals surface area contributed by atoms with E-state index in [1.165, 1.54) is 0 Å². The van der Waals surface area contributed by atoms with Crippen molar-refractivity contribution in [3.05, 3.63) is 21.2 Å². The first-order valence-corrected chi connectivity index (χ1v) is 11.1. The summed E-state index contributed by atoms with van der Waals surface area (Å²) in [6.07, 6.45) is 0. The third-order valence-corrected chi connectivity index (χ3v) is 8.06. The zero-order valence-electron chi connectivity index (χ0n) is 14.8. The van der Waals surface area contributed by atoms with Crippen molar-refractivity contribution in [3.8, 4) is 24.3 Å². The highest BCUT2D eigenvalue weighted by molar-refractivity contribution is 8.01. The van der Waals surface area contributed by atoms with Gasteiger partial charge in [0.25, 0.3) is 0 Å². The molecule has 0 aliphatic heterocycles. The van der Waals surface area contributed by atoms with Crippen molar-refractivity contribution in [3.63, 3.8) is 0 Å². The van der Waals surface area contributed by atoms with Crippen LogP contribution in [0, 0.1) is 45.3 Å². The number of thioether (sulfide) groups is 2. The number of rotatable bonds is 2. The maximum Gasteiger partial charge on any atom is 0.446 e. The van der Waals surface area contributed by atoms with Crippen molar-refractivity contribution in [2.45, 2.75) is 20.8 Å². The van der Waals surface area contributed by atoms with Gasteiger partial charge in [0.2, 0.25) is 0 Å². The van der Waals surface area contributed by atoms with Crippen LogP contribution in [0.15, 0.2) is 21.9 Å². The minimum Gasteiger partial charge on any atom is -0.192 e. The standard InChI is InChI=1S/C18H2F6N4S4/c19-17(20,21)31-15-9-1-11(7(3-25)4-26)29-13(9)16(32-18(22,23)24)10-2-12(30-14(10)15)8(5-27)6-28/h1-2H. The Morgan fingerprint density at radius 2 is 0.969 bits per heavy atom. The van der Waals surface area contributed by atoms with Crippen molar-refractivity contribution in [1.82, 2.24) is 0 Å². The Labute approximate surface area is 190 Å². The molecule has 0 radical (unpaired) electrons. The third kappa shape index (κ3) is 4.64. The molecule has 0 saturated heterocycles. The number of hydrogen-bond acceptors (Lipinski definition) is 8. The predicted octanol–water partition coefficient (Wildman–Crippen LogP) is 5.74. The smallest absolute Gasteiger partial charge is 0.192 e. The lowest BCUT2D eigenvalue weighted by molar-refractivity contribution is -0.0336. The van der Waals surface area contributed by atoms with Crippen molar-refractivity contribution in [2.75, 3.05) is 0 Å². The zero-order chi connectivity index (χ0) is 23.8. The van der Waals surface area contributed by atoms with Crippen molar-refractivity contribution in [1.29, 1.82) is 21.0 Å². The van der Waals surface area contributed by atoms with E-state index in [4.69, 9.17) is 21.0 Å². The second-order valence-electron chi connectivity index (χ2n) is 5.66. The molecular weight excluding hydrogens is 514 g/mol. The van der Waals surface area contributed by atoms with Crippen molar-refractivity contribution in [2.24, 2.45) is 0 Å². The highest BCUT2D eigenvalue weighted by Crippen LogP contribution is 2.52. The number of fused-ring (bicyclic) bond motifs is 2. The lowest BCUT2D eigenvalue weighted by atomic mass is 10.2. The molecule has 0 unspecified atom stereocenters. The van der Waals surface area contributed by atoms with Gasteiger partial charge in [-0.25, -0.2) is 0 Å². The summed E-state index contributed by atoms with van der Waals surface area (Å²) in [7, 11) is 0. The van der Waals surface area contributed by atoms with Crippen LogP contribution < -0.4 is 9.06 Å². The summed E-state index contributed by atoms with van der Waals surface area (Å²) in [5, 5.41) is 35.9. The number of nitrogens with zero attached hydrogens (tertiary/aromatic N) is 4. The maximum atomic E-state index is 13.3. The van der Waals surface area contributed by atoms with Crippen LogP contribution in [0.3, 0.4) is 0 Å². The molecule has 0 saturated carbocycles. The van der Waals surface area contributed by atoms with Crippen LogP contribution in [0.1, 0.15) is 0 Å². The van der Waals surface area contributed by atoms with Crippen LogP contribution >= 0.6 is 46.2 Å². The van der Waals surface area contributed by atoms with Gasteiger partial charge in [0.1, 0.15) is 35.4 Å². The van der Waals surface area contributed by atoms with Gasteiger partial charge in [-0.3, -0.25) is 0 Å². The van der Waals surface area contributed by atoms with Crippen molar-refractivity contribution >= 4 is 77.5 Å². The van der Waals surface area contributed by atoms with Gasteiger partial charge in [0, 0.05) is 20.6 Å². The molecule has 2 aromatic heterocycles. The number of alkyl halides is 6. The van der Waals surface area contributed by atoms with E-state index in [0.717, 1.165) is 12.1 Å². The topological polar surface area (TPSA) is 95.2 Å². The normalized spacial score (nSPS) is 11.6.